The van der Waals surface area contributed by atoms with Crippen LogP contribution in [0.3, 0.4) is 0 Å². The lowest BCUT2D eigenvalue weighted by molar-refractivity contribution is 0.401. The van der Waals surface area contributed by atoms with Crippen LogP contribution in [0.25, 0.3) is 0 Å². The van der Waals surface area contributed by atoms with Crippen molar-refractivity contribution in [2.45, 2.75) is 12.8 Å². The van der Waals surface area contributed by atoms with Gasteiger partial charge < -0.3 is 4.90 Å². The monoisotopic (exact) mass is 144 g/mol. The van der Waals surface area contributed by atoms with Crippen molar-refractivity contribution in [2.24, 2.45) is 0 Å². The summed E-state index contributed by atoms with van der Waals surface area (Å²) in [5.74, 6) is 0. The summed E-state index contributed by atoms with van der Waals surface area (Å²) in [4.78, 5) is 2.20. The molecule has 0 aliphatic carbocycles. The smallest absolute Gasteiger partial charge is 0.129 e. The first-order valence-electron chi connectivity index (χ1n) is 3.19. The minimum Gasteiger partial charge on any atom is -0.309 e. The first-order valence-corrected chi connectivity index (χ1v) is 4.34. The van der Waals surface area contributed by atoms with Gasteiger partial charge in [-0.05, 0) is 20.4 Å². The molecular formula is C7H15NP+. The SMILES string of the molecule is C=P[CH+]CCCN(C)C. The summed E-state index contributed by atoms with van der Waals surface area (Å²) in [5, 5.41) is 0. The number of hydrogen-bond acceptors (Lipinski definition) is 1. The number of unbranched alkanes of at least 4 members (excludes halogenated alkanes) is 1. The Kier molecular flexibility index (Phi) is 6.12. The number of rotatable bonds is 5. The van der Waals surface area contributed by atoms with Gasteiger partial charge in [-0.25, -0.2) is 0 Å². The third-order valence-corrected chi connectivity index (χ3v) is 1.58. The van der Waals surface area contributed by atoms with Crippen LogP contribution in [0.15, 0.2) is 0 Å². The van der Waals surface area contributed by atoms with Crippen molar-refractivity contribution < 1.29 is 0 Å². The number of nitrogens with zero attached hydrogens (tertiary/aromatic N) is 1. The molecule has 1 nitrogen and oxygen atoms in total. The molecule has 0 spiro atoms. The van der Waals surface area contributed by atoms with E-state index in [0.717, 1.165) is 8.20 Å². The van der Waals surface area contributed by atoms with Crippen molar-refractivity contribution in [3.05, 3.63) is 6.16 Å². The van der Waals surface area contributed by atoms with E-state index in [-0.39, 0.29) is 0 Å². The van der Waals surface area contributed by atoms with Crippen LogP contribution in [0.2, 0.25) is 0 Å². The van der Waals surface area contributed by atoms with Gasteiger partial charge in [-0.1, -0.05) is 0 Å². The van der Waals surface area contributed by atoms with Crippen molar-refractivity contribution in [1.82, 2.24) is 4.90 Å². The molecule has 0 amide bonds. The fraction of sp³-hybridized carbons (Fsp3) is 0.714. The summed E-state index contributed by atoms with van der Waals surface area (Å²) in [7, 11) is 5.36. The molecule has 52 valence electrons. The lowest BCUT2D eigenvalue weighted by Crippen LogP contribution is -2.12. The second-order valence-electron chi connectivity index (χ2n) is 2.31. The Hall–Kier alpha value is -0.0000000000000000208. The molecule has 9 heavy (non-hydrogen) atoms. The van der Waals surface area contributed by atoms with Gasteiger partial charge in [0.05, 0.1) is 6.42 Å². The van der Waals surface area contributed by atoms with Gasteiger partial charge in [0, 0.05) is 13.0 Å². The first-order chi connectivity index (χ1) is 4.27. The summed E-state index contributed by atoms with van der Waals surface area (Å²) in [6.45, 7) is 1.19. The van der Waals surface area contributed by atoms with Crippen LogP contribution in [0.1, 0.15) is 12.8 Å². The van der Waals surface area contributed by atoms with Gasteiger partial charge in [0.15, 0.2) is 0 Å². The molecule has 0 aromatic heterocycles. The van der Waals surface area contributed by atoms with E-state index in [1.54, 1.807) is 0 Å². The minimum atomic E-state index is 1.16. The van der Waals surface area contributed by atoms with E-state index >= 15 is 0 Å². The first kappa shape index (κ1) is 9.00. The predicted molar refractivity (Wildman–Crippen MR) is 46.1 cm³/mol. The summed E-state index contributed by atoms with van der Waals surface area (Å²) < 4.78 is 0. The standard InChI is InChI=1S/C7H15NP/c1-8(2)6-4-5-7-9-3/h7H,3-6H2,1-2H3/q+1. The average molecular weight is 144 g/mol. The highest BCUT2D eigenvalue weighted by Gasteiger charge is 1.94. The van der Waals surface area contributed by atoms with Gasteiger partial charge in [-0.3, -0.25) is 0 Å². The van der Waals surface area contributed by atoms with E-state index in [1.165, 1.54) is 19.4 Å². The second-order valence-corrected chi connectivity index (χ2v) is 3.04. The van der Waals surface area contributed by atoms with Crippen molar-refractivity contribution in [1.29, 1.82) is 0 Å². The van der Waals surface area contributed by atoms with E-state index < -0.39 is 0 Å². The Morgan fingerprint density at radius 2 is 2.22 bits per heavy atom. The molecular weight excluding hydrogens is 129 g/mol. The van der Waals surface area contributed by atoms with E-state index in [0.29, 0.717) is 0 Å². The van der Waals surface area contributed by atoms with Gasteiger partial charge >= 0.3 is 0 Å². The molecule has 0 aromatic rings. The van der Waals surface area contributed by atoms with Crippen LogP contribution in [-0.4, -0.2) is 31.8 Å². The molecule has 0 atom stereocenters. The largest absolute Gasteiger partial charge is 0.309 e. The fourth-order valence-electron chi connectivity index (χ4n) is 0.590. The van der Waals surface area contributed by atoms with Crippen molar-refractivity contribution in [3.63, 3.8) is 0 Å². The van der Waals surface area contributed by atoms with Crippen molar-refractivity contribution >= 4 is 14.5 Å². The molecule has 0 bridgehead atoms. The van der Waals surface area contributed by atoms with E-state index in [4.69, 9.17) is 0 Å². The van der Waals surface area contributed by atoms with Crippen LogP contribution in [0, 0.1) is 6.16 Å². The topological polar surface area (TPSA) is 3.24 Å². The Labute approximate surface area is 59.9 Å². The summed E-state index contributed by atoms with van der Waals surface area (Å²) in [5.41, 5.74) is 0. The molecule has 0 saturated carbocycles. The molecule has 0 aliphatic heterocycles. The summed E-state index contributed by atoms with van der Waals surface area (Å²) in [6.07, 6.45) is 8.36. The van der Waals surface area contributed by atoms with Crippen LogP contribution in [-0.2, 0) is 0 Å². The molecule has 2 heteroatoms. The summed E-state index contributed by atoms with van der Waals surface area (Å²) >= 11 is 0. The molecule has 0 N–H and O–H groups in total. The molecule has 0 heterocycles. The molecule has 0 unspecified atom stereocenters. The van der Waals surface area contributed by atoms with Gasteiger partial charge in [0.2, 0.25) is 0 Å². The van der Waals surface area contributed by atoms with E-state index in [1.807, 2.05) is 0 Å². The fourth-order valence-corrected chi connectivity index (χ4v) is 0.955. The zero-order chi connectivity index (χ0) is 7.11. The molecule has 0 fully saturated rings. The molecule has 0 rings (SSSR count). The van der Waals surface area contributed by atoms with Crippen molar-refractivity contribution in [3.8, 4) is 0 Å². The molecule has 0 aliphatic rings. The van der Waals surface area contributed by atoms with Crippen LogP contribution in [0.4, 0.5) is 0 Å². The predicted octanol–water partition coefficient (Wildman–Crippen LogP) is 1.87. The quantitative estimate of drug-likeness (QED) is 0.323. The molecule has 0 saturated heterocycles. The van der Waals surface area contributed by atoms with Gasteiger partial charge in [0.1, 0.15) is 14.4 Å². The van der Waals surface area contributed by atoms with E-state index in [9.17, 15) is 0 Å². The maximum atomic E-state index is 3.71. The van der Waals surface area contributed by atoms with Gasteiger partial charge in [0.25, 0.3) is 0 Å². The Bertz CT molecular complexity index is 71.3. The number of hydrogen-bond donors (Lipinski definition) is 0. The van der Waals surface area contributed by atoms with Crippen molar-refractivity contribution in [2.75, 3.05) is 20.6 Å². The Morgan fingerprint density at radius 3 is 2.67 bits per heavy atom. The third kappa shape index (κ3) is 8.00. The Morgan fingerprint density at radius 1 is 1.56 bits per heavy atom. The van der Waals surface area contributed by atoms with Crippen LogP contribution in [0.5, 0.6) is 0 Å². The zero-order valence-electron chi connectivity index (χ0n) is 6.30. The molecule has 0 radical (unpaired) electrons. The second kappa shape index (κ2) is 6.12. The lowest BCUT2D eigenvalue weighted by atomic mass is 10.3. The highest BCUT2D eigenvalue weighted by molar-refractivity contribution is 7.39. The van der Waals surface area contributed by atoms with E-state index in [2.05, 4.69) is 31.5 Å². The average Bonchev–Trinajstić information content (AvgIpc) is 1.80. The van der Waals surface area contributed by atoms with Gasteiger partial charge in [-0.15, -0.1) is 0 Å². The maximum Gasteiger partial charge on any atom is 0.129 e. The minimum absolute atomic E-state index is 1.16. The van der Waals surface area contributed by atoms with Crippen LogP contribution >= 0.6 is 8.20 Å². The normalized spacial score (nSPS) is 10.6. The lowest BCUT2D eigenvalue weighted by Gasteiger charge is -2.04. The molecule has 0 aromatic carbocycles. The highest BCUT2D eigenvalue weighted by Crippen LogP contribution is 2.04. The van der Waals surface area contributed by atoms with Crippen LogP contribution < -0.4 is 0 Å². The third-order valence-electron chi connectivity index (χ3n) is 1.07. The Balaban J connectivity index is 2.82. The van der Waals surface area contributed by atoms with Gasteiger partial charge in [-0.2, -0.15) is 0 Å². The zero-order valence-corrected chi connectivity index (χ0v) is 7.19. The highest BCUT2D eigenvalue weighted by atomic mass is 31.1. The maximum absolute atomic E-state index is 3.71. The summed E-state index contributed by atoms with van der Waals surface area (Å²) in [6, 6.07) is 0.